The first-order chi connectivity index (χ1) is 7.65. The van der Waals surface area contributed by atoms with E-state index in [4.69, 9.17) is 9.47 Å². The van der Waals surface area contributed by atoms with Crippen molar-refractivity contribution in [3.63, 3.8) is 0 Å². The zero-order valence-electron chi connectivity index (χ0n) is 10.2. The Kier molecular flexibility index (Phi) is 5.29. The lowest BCUT2D eigenvalue weighted by atomic mass is 10.1. The van der Waals surface area contributed by atoms with Gasteiger partial charge in [0.2, 0.25) is 0 Å². The molecule has 0 aromatic heterocycles. The largest absolute Gasteiger partial charge is 0.493 e. The van der Waals surface area contributed by atoms with Gasteiger partial charge in [-0.1, -0.05) is 6.07 Å². The SMILES string of the molecule is COCCCOc1ccc(C(C)O)cc1C. The first-order valence-corrected chi connectivity index (χ1v) is 5.55. The van der Waals surface area contributed by atoms with E-state index in [0.717, 1.165) is 23.3 Å². The Morgan fingerprint density at radius 1 is 1.31 bits per heavy atom. The van der Waals surface area contributed by atoms with Crippen molar-refractivity contribution in [3.05, 3.63) is 29.3 Å². The first kappa shape index (κ1) is 13.0. The number of aliphatic hydroxyl groups is 1. The van der Waals surface area contributed by atoms with Gasteiger partial charge in [-0.05, 0) is 37.1 Å². The number of aryl methyl sites for hydroxylation is 1. The van der Waals surface area contributed by atoms with Crippen molar-refractivity contribution < 1.29 is 14.6 Å². The molecule has 1 N–H and O–H groups in total. The third-order valence-electron chi connectivity index (χ3n) is 2.43. The van der Waals surface area contributed by atoms with Gasteiger partial charge in [-0.15, -0.1) is 0 Å². The van der Waals surface area contributed by atoms with Crippen LogP contribution in [0.1, 0.15) is 30.6 Å². The molecule has 0 aliphatic heterocycles. The van der Waals surface area contributed by atoms with Gasteiger partial charge in [0.25, 0.3) is 0 Å². The molecular weight excluding hydrogens is 204 g/mol. The zero-order valence-corrected chi connectivity index (χ0v) is 10.2. The van der Waals surface area contributed by atoms with Crippen molar-refractivity contribution in [2.45, 2.75) is 26.4 Å². The highest BCUT2D eigenvalue weighted by Gasteiger charge is 2.04. The maximum absolute atomic E-state index is 9.43. The fourth-order valence-corrected chi connectivity index (χ4v) is 1.48. The topological polar surface area (TPSA) is 38.7 Å². The molecule has 3 heteroatoms. The second-order valence-corrected chi connectivity index (χ2v) is 3.90. The molecule has 1 aromatic carbocycles. The number of hydrogen-bond donors (Lipinski definition) is 1. The lowest BCUT2D eigenvalue weighted by Gasteiger charge is -2.11. The van der Waals surface area contributed by atoms with Crippen LogP contribution in [0.25, 0.3) is 0 Å². The molecule has 0 bridgehead atoms. The molecule has 0 aliphatic carbocycles. The van der Waals surface area contributed by atoms with Crippen LogP contribution in [-0.4, -0.2) is 25.4 Å². The maximum atomic E-state index is 9.43. The number of aliphatic hydroxyl groups excluding tert-OH is 1. The van der Waals surface area contributed by atoms with E-state index in [1.165, 1.54) is 0 Å². The van der Waals surface area contributed by atoms with E-state index in [2.05, 4.69) is 0 Å². The van der Waals surface area contributed by atoms with Crippen LogP contribution in [0.4, 0.5) is 0 Å². The fraction of sp³-hybridized carbons (Fsp3) is 0.538. The number of methoxy groups -OCH3 is 1. The van der Waals surface area contributed by atoms with Crippen molar-refractivity contribution in [2.75, 3.05) is 20.3 Å². The Morgan fingerprint density at radius 2 is 2.06 bits per heavy atom. The van der Waals surface area contributed by atoms with E-state index in [0.29, 0.717) is 13.2 Å². The Balaban J connectivity index is 2.54. The van der Waals surface area contributed by atoms with Gasteiger partial charge in [-0.25, -0.2) is 0 Å². The molecule has 1 atom stereocenters. The van der Waals surface area contributed by atoms with Crippen LogP contribution in [0.3, 0.4) is 0 Å². The second-order valence-electron chi connectivity index (χ2n) is 3.90. The van der Waals surface area contributed by atoms with E-state index in [9.17, 15) is 5.11 Å². The van der Waals surface area contributed by atoms with E-state index in [1.807, 2.05) is 25.1 Å². The molecule has 1 unspecified atom stereocenters. The number of hydrogen-bond acceptors (Lipinski definition) is 3. The molecular formula is C13H20O3. The molecule has 16 heavy (non-hydrogen) atoms. The standard InChI is InChI=1S/C13H20O3/c1-10-9-12(11(2)14)5-6-13(10)16-8-4-7-15-3/h5-6,9,11,14H,4,7-8H2,1-3H3. The van der Waals surface area contributed by atoms with Gasteiger partial charge in [0.1, 0.15) is 5.75 Å². The highest BCUT2D eigenvalue weighted by atomic mass is 16.5. The van der Waals surface area contributed by atoms with Crippen LogP contribution in [0.15, 0.2) is 18.2 Å². The van der Waals surface area contributed by atoms with Crippen LogP contribution in [-0.2, 0) is 4.74 Å². The average Bonchev–Trinajstić information content (AvgIpc) is 2.26. The van der Waals surface area contributed by atoms with Gasteiger partial charge in [0.05, 0.1) is 12.7 Å². The van der Waals surface area contributed by atoms with Gasteiger partial charge in [-0.3, -0.25) is 0 Å². The van der Waals surface area contributed by atoms with Crippen molar-refractivity contribution in [1.82, 2.24) is 0 Å². The zero-order chi connectivity index (χ0) is 12.0. The van der Waals surface area contributed by atoms with E-state index < -0.39 is 6.10 Å². The monoisotopic (exact) mass is 224 g/mol. The van der Waals surface area contributed by atoms with Crippen LogP contribution >= 0.6 is 0 Å². The molecule has 0 fully saturated rings. The van der Waals surface area contributed by atoms with Crippen LogP contribution in [0.2, 0.25) is 0 Å². The molecule has 90 valence electrons. The third kappa shape index (κ3) is 3.83. The fourth-order valence-electron chi connectivity index (χ4n) is 1.48. The molecule has 0 amide bonds. The highest BCUT2D eigenvalue weighted by Crippen LogP contribution is 2.22. The predicted molar refractivity (Wildman–Crippen MR) is 63.8 cm³/mol. The Morgan fingerprint density at radius 3 is 2.62 bits per heavy atom. The summed E-state index contributed by atoms with van der Waals surface area (Å²) in [6.45, 7) is 5.11. The summed E-state index contributed by atoms with van der Waals surface area (Å²) in [7, 11) is 1.68. The molecule has 1 rings (SSSR count). The van der Waals surface area contributed by atoms with Crippen LogP contribution in [0, 0.1) is 6.92 Å². The molecule has 0 heterocycles. The molecule has 0 spiro atoms. The first-order valence-electron chi connectivity index (χ1n) is 5.55. The van der Waals surface area contributed by atoms with E-state index in [1.54, 1.807) is 14.0 Å². The Labute approximate surface area is 97.0 Å². The molecule has 1 aromatic rings. The van der Waals surface area contributed by atoms with Crippen molar-refractivity contribution in [2.24, 2.45) is 0 Å². The van der Waals surface area contributed by atoms with Crippen LogP contribution in [0.5, 0.6) is 5.75 Å². The summed E-state index contributed by atoms with van der Waals surface area (Å²) in [4.78, 5) is 0. The van der Waals surface area contributed by atoms with E-state index in [-0.39, 0.29) is 0 Å². The molecule has 3 nitrogen and oxygen atoms in total. The molecule has 0 radical (unpaired) electrons. The summed E-state index contributed by atoms with van der Waals surface area (Å²) in [6, 6.07) is 5.75. The molecule has 0 saturated heterocycles. The van der Waals surface area contributed by atoms with Crippen molar-refractivity contribution >= 4 is 0 Å². The average molecular weight is 224 g/mol. The minimum atomic E-state index is -0.429. The highest BCUT2D eigenvalue weighted by molar-refractivity contribution is 5.36. The summed E-state index contributed by atoms with van der Waals surface area (Å²) in [6.07, 6.45) is 0.454. The number of benzene rings is 1. The van der Waals surface area contributed by atoms with Gasteiger partial charge in [0, 0.05) is 20.1 Å². The van der Waals surface area contributed by atoms with Crippen molar-refractivity contribution in [3.8, 4) is 5.75 Å². The third-order valence-corrected chi connectivity index (χ3v) is 2.43. The van der Waals surface area contributed by atoms with Gasteiger partial charge in [0.15, 0.2) is 0 Å². The van der Waals surface area contributed by atoms with Crippen LogP contribution < -0.4 is 4.74 Å². The normalized spacial score (nSPS) is 12.5. The minimum Gasteiger partial charge on any atom is -0.493 e. The summed E-state index contributed by atoms with van der Waals surface area (Å²) in [5.74, 6) is 0.875. The Bertz CT molecular complexity index is 321. The molecule has 0 aliphatic rings. The minimum absolute atomic E-state index is 0.429. The van der Waals surface area contributed by atoms with Gasteiger partial charge < -0.3 is 14.6 Å². The molecule has 0 saturated carbocycles. The second kappa shape index (κ2) is 6.51. The summed E-state index contributed by atoms with van der Waals surface area (Å²) in [5, 5.41) is 9.43. The number of rotatable bonds is 6. The van der Waals surface area contributed by atoms with Gasteiger partial charge in [-0.2, -0.15) is 0 Å². The summed E-state index contributed by atoms with van der Waals surface area (Å²) < 4.78 is 10.6. The van der Waals surface area contributed by atoms with Crippen molar-refractivity contribution in [1.29, 1.82) is 0 Å². The summed E-state index contributed by atoms with van der Waals surface area (Å²) >= 11 is 0. The smallest absolute Gasteiger partial charge is 0.122 e. The van der Waals surface area contributed by atoms with Gasteiger partial charge >= 0.3 is 0 Å². The van der Waals surface area contributed by atoms with E-state index >= 15 is 0 Å². The lowest BCUT2D eigenvalue weighted by Crippen LogP contribution is -2.03. The Hall–Kier alpha value is -1.06. The number of ether oxygens (including phenoxy) is 2. The maximum Gasteiger partial charge on any atom is 0.122 e. The predicted octanol–water partition coefficient (Wildman–Crippen LogP) is 2.46. The quantitative estimate of drug-likeness (QED) is 0.754. The summed E-state index contributed by atoms with van der Waals surface area (Å²) in [5.41, 5.74) is 1.97. The lowest BCUT2D eigenvalue weighted by molar-refractivity contribution is 0.172.